The van der Waals surface area contributed by atoms with Crippen LogP contribution in [0.5, 0.6) is 0 Å². The van der Waals surface area contributed by atoms with E-state index in [-0.39, 0.29) is 5.41 Å². The summed E-state index contributed by atoms with van der Waals surface area (Å²) in [5.74, 6) is 0.355. The van der Waals surface area contributed by atoms with Gasteiger partial charge < -0.3 is 10.2 Å². The van der Waals surface area contributed by atoms with Gasteiger partial charge in [-0.1, -0.05) is 13.3 Å². The second-order valence-corrected chi connectivity index (χ2v) is 4.60. The molecule has 0 spiro atoms. The van der Waals surface area contributed by atoms with Crippen molar-refractivity contribution in [3.05, 3.63) is 0 Å². The number of carbonyl (C=O) groups excluding carboxylic acids is 1. The lowest BCUT2D eigenvalue weighted by Gasteiger charge is -2.38. The van der Waals surface area contributed by atoms with Gasteiger partial charge in [-0.2, -0.15) is 0 Å². The topological polar surface area (TPSA) is 32.3 Å². The quantitative estimate of drug-likeness (QED) is 0.768. The van der Waals surface area contributed by atoms with Gasteiger partial charge >= 0.3 is 0 Å². The number of hydrogen-bond donors (Lipinski definition) is 1. The van der Waals surface area contributed by atoms with E-state index in [9.17, 15) is 4.79 Å². The largest absolute Gasteiger partial charge is 0.346 e. The Morgan fingerprint density at radius 1 is 1.33 bits per heavy atom. The van der Waals surface area contributed by atoms with Crippen LogP contribution in [0.4, 0.5) is 0 Å². The van der Waals surface area contributed by atoms with E-state index in [4.69, 9.17) is 0 Å². The van der Waals surface area contributed by atoms with Gasteiger partial charge in [0.25, 0.3) is 0 Å². The van der Waals surface area contributed by atoms with Gasteiger partial charge in [0.1, 0.15) is 0 Å². The summed E-state index contributed by atoms with van der Waals surface area (Å²) in [6, 6.07) is 0. The van der Waals surface area contributed by atoms with Gasteiger partial charge in [-0.25, -0.2) is 0 Å². The SMILES string of the molecule is CCCC1(C(=O)N(C)CC)CCNCC1. The number of carbonyl (C=O) groups is 1. The summed E-state index contributed by atoms with van der Waals surface area (Å²) in [5.41, 5.74) is -0.0647. The lowest BCUT2D eigenvalue weighted by molar-refractivity contribution is -0.142. The lowest BCUT2D eigenvalue weighted by Crippen LogP contribution is -2.48. The highest BCUT2D eigenvalue weighted by atomic mass is 16.2. The second-order valence-electron chi connectivity index (χ2n) is 4.60. The van der Waals surface area contributed by atoms with E-state index in [1.807, 2.05) is 18.9 Å². The van der Waals surface area contributed by atoms with E-state index in [0.29, 0.717) is 5.91 Å². The van der Waals surface area contributed by atoms with Crippen molar-refractivity contribution in [2.24, 2.45) is 5.41 Å². The number of rotatable bonds is 4. The average molecular weight is 212 g/mol. The smallest absolute Gasteiger partial charge is 0.228 e. The van der Waals surface area contributed by atoms with Crippen LogP contribution >= 0.6 is 0 Å². The highest BCUT2D eigenvalue weighted by Crippen LogP contribution is 2.35. The summed E-state index contributed by atoms with van der Waals surface area (Å²) in [7, 11) is 1.92. The minimum atomic E-state index is -0.0647. The molecule has 88 valence electrons. The molecule has 0 atom stereocenters. The Morgan fingerprint density at radius 3 is 2.40 bits per heavy atom. The Hall–Kier alpha value is -0.570. The molecule has 15 heavy (non-hydrogen) atoms. The second kappa shape index (κ2) is 5.50. The first kappa shape index (κ1) is 12.5. The third kappa shape index (κ3) is 2.71. The molecule has 0 unspecified atom stereocenters. The summed E-state index contributed by atoms with van der Waals surface area (Å²) >= 11 is 0. The first-order valence-corrected chi connectivity index (χ1v) is 6.12. The summed E-state index contributed by atoms with van der Waals surface area (Å²) in [5, 5.41) is 3.34. The average Bonchev–Trinajstić information content (AvgIpc) is 2.28. The van der Waals surface area contributed by atoms with Crippen molar-refractivity contribution in [1.82, 2.24) is 10.2 Å². The minimum Gasteiger partial charge on any atom is -0.346 e. The lowest BCUT2D eigenvalue weighted by atomic mass is 9.74. The van der Waals surface area contributed by atoms with Crippen molar-refractivity contribution in [2.45, 2.75) is 39.5 Å². The van der Waals surface area contributed by atoms with Crippen molar-refractivity contribution in [3.8, 4) is 0 Å². The molecular formula is C12H24N2O. The Balaban J connectivity index is 2.74. The maximum absolute atomic E-state index is 12.3. The van der Waals surface area contributed by atoms with Crippen LogP contribution in [0.25, 0.3) is 0 Å². The van der Waals surface area contributed by atoms with E-state index >= 15 is 0 Å². The van der Waals surface area contributed by atoms with Crippen LogP contribution in [0.15, 0.2) is 0 Å². The first-order chi connectivity index (χ1) is 7.16. The molecule has 1 rings (SSSR count). The van der Waals surface area contributed by atoms with Crippen LogP contribution in [0.1, 0.15) is 39.5 Å². The van der Waals surface area contributed by atoms with Gasteiger partial charge in [-0.15, -0.1) is 0 Å². The molecule has 0 bridgehead atoms. The molecule has 3 heteroatoms. The number of amides is 1. The van der Waals surface area contributed by atoms with Crippen LogP contribution in [0.2, 0.25) is 0 Å². The highest BCUT2D eigenvalue weighted by Gasteiger charge is 2.39. The van der Waals surface area contributed by atoms with E-state index in [0.717, 1.165) is 45.3 Å². The van der Waals surface area contributed by atoms with Crippen LogP contribution in [0.3, 0.4) is 0 Å². The molecule has 0 aliphatic carbocycles. The monoisotopic (exact) mass is 212 g/mol. The highest BCUT2D eigenvalue weighted by molar-refractivity contribution is 5.82. The molecule has 0 aromatic rings. The number of piperidine rings is 1. The molecule has 1 N–H and O–H groups in total. The standard InChI is InChI=1S/C12H24N2O/c1-4-6-12(7-9-13-10-8-12)11(15)14(3)5-2/h13H,4-10H2,1-3H3. The van der Waals surface area contributed by atoms with Gasteiger partial charge in [0.15, 0.2) is 0 Å². The fourth-order valence-electron chi connectivity index (χ4n) is 2.50. The van der Waals surface area contributed by atoms with Crippen LogP contribution in [-0.2, 0) is 4.79 Å². The van der Waals surface area contributed by atoms with Gasteiger partial charge in [0, 0.05) is 13.6 Å². The summed E-state index contributed by atoms with van der Waals surface area (Å²) < 4.78 is 0. The molecule has 0 radical (unpaired) electrons. The van der Waals surface area contributed by atoms with Gasteiger partial charge in [-0.3, -0.25) is 4.79 Å². The summed E-state index contributed by atoms with van der Waals surface area (Å²) in [6.45, 7) is 7.01. The van der Waals surface area contributed by atoms with Crippen molar-refractivity contribution in [3.63, 3.8) is 0 Å². The molecular weight excluding hydrogens is 188 g/mol. The zero-order valence-electron chi connectivity index (χ0n) is 10.3. The van der Waals surface area contributed by atoms with Gasteiger partial charge in [-0.05, 0) is 39.3 Å². The predicted molar refractivity (Wildman–Crippen MR) is 62.8 cm³/mol. The van der Waals surface area contributed by atoms with Gasteiger partial charge in [0.2, 0.25) is 5.91 Å². The molecule has 0 aromatic carbocycles. The molecule has 3 nitrogen and oxygen atoms in total. The van der Waals surface area contributed by atoms with E-state index in [1.165, 1.54) is 0 Å². The first-order valence-electron chi connectivity index (χ1n) is 6.12. The van der Waals surface area contributed by atoms with E-state index < -0.39 is 0 Å². The van der Waals surface area contributed by atoms with Crippen molar-refractivity contribution in [1.29, 1.82) is 0 Å². The Kier molecular flexibility index (Phi) is 4.58. The fraction of sp³-hybridized carbons (Fsp3) is 0.917. The van der Waals surface area contributed by atoms with E-state index in [1.54, 1.807) is 0 Å². The zero-order valence-corrected chi connectivity index (χ0v) is 10.3. The predicted octanol–water partition coefficient (Wildman–Crippen LogP) is 1.63. The molecule has 1 aliphatic heterocycles. The number of nitrogens with zero attached hydrogens (tertiary/aromatic N) is 1. The molecule has 0 aromatic heterocycles. The van der Waals surface area contributed by atoms with Crippen LogP contribution < -0.4 is 5.32 Å². The fourth-order valence-corrected chi connectivity index (χ4v) is 2.50. The van der Waals surface area contributed by atoms with Crippen LogP contribution in [0, 0.1) is 5.41 Å². The maximum atomic E-state index is 12.3. The third-order valence-electron chi connectivity index (χ3n) is 3.56. The number of nitrogens with one attached hydrogen (secondary N) is 1. The molecule has 1 fully saturated rings. The molecule has 0 saturated carbocycles. The Labute approximate surface area is 93.2 Å². The molecule has 1 aliphatic rings. The van der Waals surface area contributed by atoms with Crippen molar-refractivity contribution < 1.29 is 4.79 Å². The Bertz CT molecular complexity index is 204. The van der Waals surface area contributed by atoms with E-state index in [2.05, 4.69) is 12.2 Å². The zero-order chi connectivity index (χ0) is 11.3. The van der Waals surface area contributed by atoms with Crippen molar-refractivity contribution in [2.75, 3.05) is 26.7 Å². The minimum absolute atomic E-state index is 0.0647. The summed E-state index contributed by atoms with van der Waals surface area (Å²) in [6.07, 6.45) is 4.15. The van der Waals surface area contributed by atoms with Crippen LogP contribution in [-0.4, -0.2) is 37.5 Å². The normalized spacial score (nSPS) is 19.9. The summed E-state index contributed by atoms with van der Waals surface area (Å²) in [4.78, 5) is 14.2. The maximum Gasteiger partial charge on any atom is 0.228 e. The van der Waals surface area contributed by atoms with Crippen molar-refractivity contribution >= 4 is 5.91 Å². The third-order valence-corrected chi connectivity index (χ3v) is 3.56. The Morgan fingerprint density at radius 2 is 1.93 bits per heavy atom. The number of hydrogen-bond acceptors (Lipinski definition) is 2. The molecule has 1 heterocycles. The molecule has 1 amide bonds. The molecule has 1 saturated heterocycles. The van der Waals surface area contributed by atoms with Gasteiger partial charge in [0.05, 0.1) is 5.41 Å².